The van der Waals surface area contributed by atoms with Crippen molar-refractivity contribution < 1.29 is 9.47 Å². The van der Waals surface area contributed by atoms with Crippen LogP contribution in [0.1, 0.15) is 32.6 Å². The first-order chi connectivity index (χ1) is 7.85. The van der Waals surface area contributed by atoms with Crippen LogP contribution < -0.4 is 11.1 Å². The molecule has 0 amide bonds. The summed E-state index contributed by atoms with van der Waals surface area (Å²) in [6.45, 7) is 6.34. The molecule has 0 fully saturated rings. The van der Waals surface area contributed by atoms with Crippen molar-refractivity contribution in [2.45, 2.75) is 38.6 Å². The van der Waals surface area contributed by atoms with E-state index in [0.29, 0.717) is 6.04 Å². The van der Waals surface area contributed by atoms with E-state index in [1.165, 1.54) is 0 Å². The van der Waals surface area contributed by atoms with Gasteiger partial charge in [0.25, 0.3) is 0 Å². The Hall–Kier alpha value is -0.160. The monoisotopic (exact) mass is 232 g/mol. The highest BCUT2D eigenvalue weighted by Gasteiger charge is 2.06. The second-order valence-electron chi connectivity index (χ2n) is 4.00. The van der Waals surface area contributed by atoms with Crippen molar-refractivity contribution in [3.05, 3.63) is 0 Å². The summed E-state index contributed by atoms with van der Waals surface area (Å²) in [4.78, 5) is 0. The van der Waals surface area contributed by atoms with E-state index in [-0.39, 0.29) is 0 Å². The third kappa shape index (κ3) is 10.4. The van der Waals surface area contributed by atoms with Gasteiger partial charge in [-0.05, 0) is 38.8 Å². The Labute approximate surface area is 99.9 Å². The average Bonchev–Trinajstić information content (AvgIpc) is 2.30. The molecule has 0 aromatic rings. The zero-order chi connectivity index (χ0) is 12.1. The van der Waals surface area contributed by atoms with Crippen molar-refractivity contribution in [1.82, 2.24) is 5.32 Å². The Kier molecular flexibility index (Phi) is 12.8. The molecule has 0 rings (SSSR count). The highest BCUT2D eigenvalue weighted by molar-refractivity contribution is 4.66. The Morgan fingerprint density at radius 1 is 1.25 bits per heavy atom. The van der Waals surface area contributed by atoms with Crippen LogP contribution in [0.25, 0.3) is 0 Å². The molecule has 3 N–H and O–H groups in total. The molecule has 16 heavy (non-hydrogen) atoms. The van der Waals surface area contributed by atoms with Gasteiger partial charge in [-0.3, -0.25) is 0 Å². The Bertz CT molecular complexity index is 134. The molecule has 0 bridgehead atoms. The molecule has 0 saturated heterocycles. The molecule has 0 aromatic heterocycles. The summed E-state index contributed by atoms with van der Waals surface area (Å²) in [6, 6.07) is 0.430. The summed E-state index contributed by atoms with van der Waals surface area (Å²) in [7, 11) is 1.74. The smallest absolute Gasteiger partial charge is 0.0615 e. The molecule has 1 unspecified atom stereocenters. The molecule has 0 saturated carbocycles. The fourth-order valence-corrected chi connectivity index (χ4v) is 1.54. The van der Waals surface area contributed by atoms with E-state index < -0.39 is 0 Å². The maximum atomic E-state index is 5.49. The summed E-state index contributed by atoms with van der Waals surface area (Å²) in [6.07, 6.45) is 4.28. The van der Waals surface area contributed by atoms with Crippen LogP contribution in [0.3, 0.4) is 0 Å². The van der Waals surface area contributed by atoms with Gasteiger partial charge >= 0.3 is 0 Å². The van der Waals surface area contributed by atoms with E-state index in [0.717, 1.165) is 58.6 Å². The molecule has 0 heterocycles. The van der Waals surface area contributed by atoms with Crippen LogP contribution in [-0.2, 0) is 9.47 Å². The fraction of sp³-hybridized carbons (Fsp3) is 1.00. The summed E-state index contributed by atoms with van der Waals surface area (Å²) in [5, 5.41) is 3.47. The number of nitrogens with two attached hydrogens (primary N) is 1. The Balaban J connectivity index is 3.36. The maximum Gasteiger partial charge on any atom is 0.0615 e. The van der Waals surface area contributed by atoms with E-state index in [9.17, 15) is 0 Å². The van der Waals surface area contributed by atoms with Gasteiger partial charge < -0.3 is 20.5 Å². The Morgan fingerprint density at radius 2 is 2.06 bits per heavy atom. The van der Waals surface area contributed by atoms with E-state index in [1.807, 2.05) is 0 Å². The predicted octanol–water partition coefficient (Wildman–Crippen LogP) is 1.15. The molecular formula is C12H28N2O2. The number of hydrogen-bond donors (Lipinski definition) is 2. The van der Waals surface area contributed by atoms with Crippen molar-refractivity contribution >= 4 is 0 Å². The molecule has 0 radical (unpaired) electrons. The second-order valence-corrected chi connectivity index (χ2v) is 4.00. The van der Waals surface area contributed by atoms with Crippen LogP contribution >= 0.6 is 0 Å². The quantitative estimate of drug-likeness (QED) is 0.496. The van der Waals surface area contributed by atoms with Gasteiger partial charge in [-0.15, -0.1) is 0 Å². The SMILES string of the molecule is CCCOCCCNC(CCCN)COC. The van der Waals surface area contributed by atoms with Crippen LogP contribution in [-0.4, -0.2) is 46.1 Å². The van der Waals surface area contributed by atoms with Gasteiger partial charge in [0, 0.05) is 26.4 Å². The van der Waals surface area contributed by atoms with E-state index in [4.69, 9.17) is 15.2 Å². The first-order valence-electron chi connectivity index (χ1n) is 6.35. The fourth-order valence-electron chi connectivity index (χ4n) is 1.54. The van der Waals surface area contributed by atoms with Crippen molar-refractivity contribution in [3.63, 3.8) is 0 Å². The standard InChI is InChI=1S/C12H28N2O2/c1-3-9-16-10-5-8-14-12(11-15-2)6-4-7-13/h12,14H,3-11,13H2,1-2H3. The van der Waals surface area contributed by atoms with Crippen molar-refractivity contribution in [2.24, 2.45) is 5.73 Å². The normalized spacial score (nSPS) is 12.9. The number of ether oxygens (including phenoxy) is 2. The predicted molar refractivity (Wildman–Crippen MR) is 67.7 cm³/mol. The third-order valence-corrected chi connectivity index (χ3v) is 2.37. The van der Waals surface area contributed by atoms with E-state index in [1.54, 1.807) is 7.11 Å². The van der Waals surface area contributed by atoms with Crippen LogP contribution in [0.2, 0.25) is 0 Å². The van der Waals surface area contributed by atoms with Gasteiger partial charge in [0.1, 0.15) is 0 Å². The topological polar surface area (TPSA) is 56.5 Å². The molecule has 0 aliphatic rings. The van der Waals surface area contributed by atoms with E-state index in [2.05, 4.69) is 12.2 Å². The lowest BCUT2D eigenvalue weighted by Gasteiger charge is -2.17. The number of rotatable bonds is 12. The van der Waals surface area contributed by atoms with Gasteiger partial charge in [0.05, 0.1) is 6.61 Å². The summed E-state index contributed by atoms with van der Waals surface area (Å²) >= 11 is 0. The van der Waals surface area contributed by atoms with Gasteiger partial charge in [-0.25, -0.2) is 0 Å². The zero-order valence-corrected chi connectivity index (χ0v) is 10.8. The Morgan fingerprint density at radius 3 is 2.69 bits per heavy atom. The van der Waals surface area contributed by atoms with Crippen LogP contribution in [0.15, 0.2) is 0 Å². The molecule has 0 spiro atoms. The van der Waals surface area contributed by atoms with Gasteiger partial charge in [-0.1, -0.05) is 6.92 Å². The van der Waals surface area contributed by atoms with Crippen molar-refractivity contribution in [3.8, 4) is 0 Å². The lowest BCUT2D eigenvalue weighted by Crippen LogP contribution is -2.34. The number of methoxy groups -OCH3 is 1. The second kappa shape index (κ2) is 12.9. The minimum absolute atomic E-state index is 0.430. The molecule has 1 atom stereocenters. The van der Waals surface area contributed by atoms with Crippen LogP contribution in [0.5, 0.6) is 0 Å². The molecule has 0 aliphatic heterocycles. The maximum absolute atomic E-state index is 5.49. The molecule has 4 heteroatoms. The molecule has 4 nitrogen and oxygen atoms in total. The molecule has 0 aliphatic carbocycles. The highest BCUT2D eigenvalue weighted by Crippen LogP contribution is 1.97. The summed E-state index contributed by atoms with van der Waals surface area (Å²) in [5.41, 5.74) is 5.49. The molecule has 98 valence electrons. The highest BCUT2D eigenvalue weighted by atomic mass is 16.5. The average molecular weight is 232 g/mol. The largest absolute Gasteiger partial charge is 0.383 e. The van der Waals surface area contributed by atoms with Gasteiger partial charge in [-0.2, -0.15) is 0 Å². The number of hydrogen-bond acceptors (Lipinski definition) is 4. The summed E-state index contributed by atoms with van der Waals surface area (Å²) in [5.74, 6) is 0. The third-order valence-electron chi connectivity index (χ3n) is 2.37. The molecular weight excluding hydrogens is 204 g/mol. The molecule has 0 aromatic carbocycles. The van der Waals surface area contributed by atoms with Crippen LogP contribution in [0, 0.1) is 0 Å². The summed E-state index contributed by atoms with van der Waals surface area (Å²) < 4.78 is 10.6. The minimum Gasteiger partial charge on any atom is -0.383 e. The minimum atomic E-state index is 0.430. The van der Waals surface area contributed by atoms with Crippen molar-refractivity contribution in [1.29, 1.82) is 0 Å². The van der Waals surface area contributed by atoms with Gasteiger partial charge in [0.2, 0.25) is 0 Å². The van der Waals surface area contributed by atoms with E-state index >= 15 is 0 Å². The lowest BCUT2D eigenvalue weighted by molar-refractivity contribution is 0.127. The zero-order valence-electron chi connectivity index (χ0n) is 10.8. The van der Waals surface area contributed by atoms with Gasteiger partial charge in [0.15, 0.2) is 0 Å². The van der Waals surface area contributed by atoms with Crippen LogP contribution in [0.4, 0.5) is 0 Å². The first kappa shape index (κ1) is 15.8. The first-order valence-corrected chi connectivity index (χ1v) is 6.35. The number of nitrogens with one attached hydrogen (secondary N) is 1. The lowest BCUT2D eigenvalue weighted by atomic mass is 10.1. The van der Waals surface area contributed by atoms with Crippen molar-refractivity contribution in [2.75, 3.05) is 40.0 Å².